The molecule has 0 radical (unpaired) electrons. The van der Waals surface area contributed by atoms with Gasteiger partial charge in [-0.3, -0.25) is 29.4 Å². The van der Waals surface area contributed by atoms with E-state index in [1.807, 2.05) is 24.3 Å². The van der Waals surface area contributed by atoms with Crippen LogP contribution in [0.5, 0.6) is 5.75 Å². The van der Waals surface area contributed by atoms with Crippen LogP contribution in [0.4, 0.5) is 5.69 Å². The van der Waals surface area contributed by atoms with Crippen molar-refractivity contribution in [2.45, 2.75) is 25.7 Å². The highest BCUT2D eigenvalue weighted by Gasteiger charge is 2.36. The molecular weight excluding hydrogens is 436 g/mol. The number of non-ortho nitro benzene ring substituents is 1. The van der Waals surface area contributed by atoms with Crippen LogP contribution in [0, 0.1) is 22.0 Å². The molecule has 1 fully saturated rings. The normalized spacial score (nSPS) is 19.8. The third-order valence-electron chi connectivity index (χ3n) is 6.74. The SMILES string of the molecule is O=C(Oc1ccc([N+](=O)[O-])cc1)C1CCC(CN2C(=O)c3cccc4cccc(c34)C2=O)CC1. The largest absolute Gasteiger partial charge is 0.426 e. The highest BCUT2D eigenvalue weighted by molar-refractivity contribution is 6.25. The van der Waals surface area contributed by atoms with E-state index in [1.54, 1.807) is 12.1 Å². The summed E-state index contributed by atoms with van der Waals surface area (Å²) in [4.78, 5) is 50.4. The fourth-order valence-electron chi connectivity index (χ4n) is 4.92. The summed E-state index contributed by atoms with van der Waals surface area (Å²) in [5, 5.41) is 12.4. The average Bonchev–Trinajstić information content (AvgIpc) is 2.85. The van der Waals surface area contributed by atoms with Crippen LogP contribution in [-0.2, 0) is 4.79 Å². The average molecular weight is 458 g/mol. The number of imide groups is 1. The molecule has 2 amide bonds. The van der Waals surface area contributed by atoms with E-state index in [0.717, 1.165) is 5.39 Å². The van der Waals surface area contributed by atoms with Gasteiger partial charge in [0, 0.05) is 35.2 Å². The van der Waals surface area contributed by atoms with Crippen LogP contribution in [0.3, 0.4) is 0 Å². The first-order valence-corrected chi connectivity index (χ1v) is 11.3. The van der Waals surface area contributed by atoms with Crippen molar-refractivity contribution in [1.29, 1.82) is 0 Å². The van der Waals surface area contributed by atoms with Gasteiger partial charge in [-0.1, -0.05) is 24.3 Å². The minimum absolute atomic E-state index is 0.0685. The van der Waals surface area contributed by atoms with Crippen molar-refractivity contribution >= 4 is 34.2 Å². The predicted molar refractivity (Wildman–Crippen MR) is 123 cm³/mol. The van der Waals surface area contributed by atoms with Crippen LogP contribution >= 0.6 is 0 Å². The fourth-order valence-corrected chi connectivity index (χ4v) is 4.92. The third-order valence-corrected chi connectivity index (χ3v) is 6.74. The fraction of sp³-hybridized carbons (Fsp3) is 0.269. The van der Waals surface area contributed by atoms with E-state index < -0.39 is 4.92 Å². The number of carbonyl (C=O) groups excluding carboxylic acids is 3. The Morgan fingerprint density at radius 2 is 1.50 bits per heavy atom. The lowest BCUT2D eigenvalue weighted by Gasteiger charge is -2.33. The first-order valence-electron chi connectivity index (χ1n) is 11.3. The zero-order valence-corrected chi connectivity index (χ0v) is 18.3. The van der Waals surface area contributed by atoms with Gasteiger partial charge >= 0.3 is 5.97 Å². The molecular formula is C26H22N2O6. The van der Waals surface area contributed by atoms with Gasteiger partial charge in [0.15, 0.2) is 0 Å². The molecule has 0 saturated heterocycles. The Balaban J connectivity index is 1.21. The second-order valence-electron chi connectivity index (χ2n) is 8.82. The molecule has 0 unspecified atom stereocenters. The second kappa shape index (κ2) is 8.70. The number of hydrogen-bond acceptors (Lipinski definition) is 6. The molecule has 172 valence electrons. The summed E-state index contributed by atoms with van der Waals surface area (Å²) in [5.74, 6) is -0.800. The van der Waals surface area contributed by atoms with Crippen LogP contribution in [0.1, 0.15) is 46.4 Å². The number of rotatable bonds is 5. The summed E-state index contributed by atoms with van der Waals surface area (Å²) in [6.45, 7) is 0.326. The zero-order chi connectivity index (χ0) is 23.8. The molecule has 3 aromatic rings. The first kappa shape index (κ1) is 21.8. The molecule has 0 atom stereocenters. The highest BCUT2D eigenvalue weighted by Crippen LogP contribution is 2.34. The van der Waals surface area contributed by atoms with E-state index in [9.17, 15) is 24.5 Å². The molecule has 1 aliphatic heterocycles. The molecule has 1 saturated carbocycles. The number of amides is 2. The summed E-state index contributed by atoms with van der Waals surface area (Å²) >= 11 is 0. The molecule has 8 nitrogen and oxygen atoms in total. The minimum Gasteiger partial charge on any atom is -0.426 e. The number of nitro benzene ring substituents is 1. The highest BCUT2D eigenvalue weighted by atomic mass is 16.6. The van der Waals surface area contributed by atoms with E-state index in [-0.39, 0.29) is 41.1 Å². The number of esters is 1. The molecule has 0 spiro atoms. The summed E-state index contributed by atoms with van der Waals surface area (Å²) in [7, 11) is 0. The van der Waals surface area contributed by atoms with Gasteiger partial charge < -0.3 is 4.74 Å². The Morgan fingerprint density at radius 1 is 0.912 bits per heavy atom. The molecule has 0 bridgehead atoms. The molecule has 2 aliphatic rings. The van der Waals surface area contributed by atoms with E-state index in [0.29, 0.717) is 48.7 Å². The van der Waals surface area contributed by atoms with Crippen molar-refractivity contribution in [3.63, 3.8) is 0 Å². The lowest BCUT2D eigenvalue weighted by atomic mass is 9.81. The van der Waals surface area contributed by atoms with Gasteiger partial charge in [-0.2, -0.15) is 0 Å². The Morgan fingerprint density at radius 3 is 2.06 bits per heavy atom. The lowest BCUT2D eigenvalue weighted by molar-refractivity contribution is -0.384. The van der Waals surface area contributed by atoms with Crippen LogP contribution in [-0.4, -0.2) is 34.2 Å². The molecule has 5 rings (SSSR count). The lowest BCUT2D eigenvalue weighted by Crippen LogP contribution is -2.44. The van der Waals surface area contributed by atoms with Gasteiger partial charge in [0.25, 0.3) is 17.5 Å². The van der Waals surface area contributed by atoms with Gasteiger partial charge in [-0.15, -0.1) is 0 Å². The predicted octanol–water partition coefficient (Wildman–Crippen LogP) is 4.76. The Hall–Kier alpha value is -4.07. The number of benzene rings is 3. The third kappa shape index (κ3) is 3.91. The topological polar surface area (TPSA) is 107 Å². The van der Waals surface area contributed by atoms with Gasteiger partial charge in [-0.25, -0.2) is 0 Å². The number of ether oxygens (including phenoxy) is 1. The van der Waals surface area contributed by atoms with Gasteiger partial charge in [-0.05, 0) is 61.3 Å². The van der Waals surface area contributed by atoms with Crippen molar-refractivity contribution in [2.75, 3.05) is 6.54 Å². The second-order valence-corrected chi connectivity index (χ2v) is 8.82. The van der Waals surface area contributed by atoms with Crippen molar-refractivity contribution in [3.05, 3.63) is 81.9 Å². The van der Waals surface area contributed by atoms with Crippen molar-refractivity contribution in [2.24, 2.45) is 11.8 Å². The first-order chi connectivity index (χ1) is 16.4. The minimum atomic E-state index is -0.510. The Kier molecular flexibility index (Phi) is 5.57. The maximum absolute atomic E-state index is 13.1. The molecule has 34 heavy (non-hydrogen) atoms. The van der Waals surface area contributed by atoms with Gasteiger partial charge in [0.1, 0.15) is 5.75 Å². The summed E-state index contributed by atoms with van der Waals surface area (Å²) < 4.78 is 5.40. The summed E-state index contributed by atoms with van der Waals surface area (Å²) in [6, 6.07) is 16.4. The van der Waals surface area contributed by atoms with Crippen LogP contribution < -0.4 is 4.74 Å². The quantitative estimate of drug-likeness (QED) is 0.179. The maximum Gasteiger partial charge on any atom is 0.314 e. The molecule has 1 heterocycles. The van der Waals surface area contributed by atoms with Crippen LogP contribution in [0.2, 0.25) is 0 Å². The van der Waals surface area contributed by atoms with E-state index in [2.05, 4.69) is 0 Å². The summed E-state index contributed by atoms with van der Waals surface area (Å²) in [6.07, 6.45) is 2.59. The standard InChI is InChI=1S/C26H22N2O6/c29-24-21-5-1-3-17-4-2-6-22(23(17)21)25(30)27(24)15-16-7-9-18(10-8-16)26(31)34-20-13-11-19(12-14-20)28(32)33/h1-6,11-14,16,18H,7-10,15H2. The van der Waals surface area contributed by atoms with Crippen molar-refractivity contribution in [1.82, 2.24) is 4.90 Å². The van der Waals surface area contributed by atoms with Crippen molar-refractivity contribution < 1.29 is 24.0 Å². The summed E-state index contributed by atoms with van der Waals surface area (Å²) in [5.41, 5.74) is 1.03. The Labute approximate surface area is 195 Å². The van der Waals surface area contributed by atoms with E-state index in [4.69, 9.17) is 4.74 Å². The number of nitrogens with zero attached hydrogens (tertiary/aromatic N) is 2. The number of carbonyl (C=O) groups is 3. The zero-order valence-electron chi connectivity index (χ0n) is 18.3. The molecule has 1 aliphatic carbocycles. The van der Waals surface area contributed by atoms with Crippen molar-refractivity contribution in [3.8, 4) is 5.75 Å². The van der Waals surface area contributed by atoms with Crippen LogP contribution in [0.15, 0.2) is 60.7 Å². The van der Waals surface area contributed by atoms with Crippen LogP contribution in [0.25, 0.3) is 10.8 Å². The number of hydrogen-bond donors (Lipinski definition) is 0. The van der Waals surface area contributed by atoms with Gasteiger partial charge in [0.2, 0.25) is 0 Å². The molecule has 0 aromatic heterocycles. The Bertz CT molecular complexity index is 1260. The van der Waals surface area contributed by atoms with Gasteiger partial charge in [0.05, 0.1) is 10.8 Å². The monoisotopic (exact) mass is 458 g/mol. The van der Waals surface area contributed by atoms with E-state index >= 15 is 0 Å². The molecule has 0 N–H and O–H groups in total. The number of nitro groups is 1. The smallest absolute Gasteiger partial charge is 0.314 e. The molecule has 3 aromatic carbocycles. The van der Waals surface area contributed by atoms with E-state index in [1.165, 1.54) is 29.2 Å². The molecule has 8 heteroatoms. The maximum atomic E-state index is 13.1.